The molecule has 2 heterocycles. The lowest BCUT2D eigenvalue weighted by Crippen LogP contribution is -2.39. The van der Waals surface area contributed by atoms with E-state index in [2.05, 4.69) is 16.3 Å². The number of carbonyl (C=O) groups is 1. The van der Waals surface area contributed by atoms with Crippen molar-refractivity contribution >= 4 is 17.2 Å². The van der Waals surface area contributed by atoms with Gasteiger partial charge in [-0.3, -0.25) is 4.79 Å². The second-order valence-electron chi connectivity index (χ2n) is 4.54. The zero-order valence-electron chi connectivity index (χ0n) is 8.90. The van der Waals surface area contributed by atoms with E-state index in [0.29, 0.717) is 6.04 Å². The molecule has 1 aromatic heterocycles. The zero-order chi connectivity index (χ0) is 10.4. The van der Waals surface area contributed by atoms with Crippen molar-refractivity contribution in [1.29, 1.82) is 0 Å². The Morgan fingerprint density at radius 1 is 1.53 bits per heavy atom. The largest absolute Gasteiger partial charge is 0.335 e. The third kappa shape index (κ3) is 1.49. The summed E-state index contributed by atoms with van der Waals surface area (Å²) in [7, 11) is 0. The summed E-state index contributed by atoms with van der Waals surface area (Å²) in [5.41, 5.74) is 1.43. The Labute approximate surface area is 93.9 Å². The molecule has 3 heteroatoms. The van der Waals surface area contributed by atoms with E-state index in [4.69, 9.17) is 0 Å². The van der Waals surface area contributed by atoms with Gasteiger partial charge in [-0.25, -0.2) is 0 Å². The Morgan fingerprint density at radius 2 is 2.33 bits per heavy atom. The van der Waals surface area contributed by atoms with Crippen LogP contribution in [-0.4, -0.2) is 17.4 Å². The summed E-state index contributed by atoms with van der Waals surface area (Å²) in [6, 6.07) is 2.62. The minimum atomic E-state index is 0.240. The lowest BCUT2D eigenvalue weighted by atomic mass is 9.96. The summed E-state index contributed by atoms with van der Waals surface area (Å²) >= 11 is 1.85. The molecule has 1 atom stereocenters. The highest BCUT2D eigenvalue weighted by atomic mass is 32.1. The number of hydrogen-bond acceptors (Lipinski definition) is 2. The van der Waals surface area contributed by atoms with Crippen molar-refractivity contribution in [1.82, 2.24) is 4.90 Å². The third-order valence-corrected chi connectivity index (χ3v) is 4.48. The van der Waals surface area contributed by atoms with Gasteiger partial charge in [0.2, 0.25) is 5.91 Å². The van der Waals surface area contributed by atoms with Crippen LogP contribution >= 0.6 is 11.3 Å². The number of nitrogens with zero attached hydrogens (tertiary/aromatic N) is 1. The van der Waals surface area contributed by atoms with E-state index in [1.54, 1.807) is 6.92 Å². The number of thiophene rings is 1. The molecule has 0 N–H and O–H groups in total. The van der Waals surface area contributed by atoms with Crippen LogP contribution in [-0.2, 0) is 11.2 Å². The molecule has 1 unspecified atom stereocenters. The number of rotatable bonds is 1. The van der Waals surface area contributed by atoms with E-state index in [0.717, 1.165) is 18.9 Å². The van der Waals surface area contributed by atoms with E-state index >= 15 is 0 Å². The summed E-state index contributed by atoms with van der Waals surface area (Å²) in [6.07, 6.45) is 3.64. The van der Waals surface area contributed by atoms with Gasteiger partial charge >= 0.3 is 0 Å². The summed E-state index contributed by atoms with van der Waals surface area (Å²) in [6.45, 7) is 2.62. The number of fused-ring (bicyclic) bond motifs is 1. The van der Waals surface area contributed by atoms with Gasteiger partial charge in [0.1, 0.15) is 0 Å². The van der Waals surface area contributed by atoms with Crippen molar-refractivity contribution in [2.75, 3.05) is 6.54 Å². The van der Waals surface area contributed by atoms with Crippen LogP contribution in [0.5, 0.6) is 0 Å². The molecule has 15 heavy (non-hydrogen) atoms. The molecule has 1 saturated carbocycles. The molecular formula is C12H15NOS. The summed E-state index contributed by atoms with van der Waals surface area (Å²) in [4.78, 5) is 15.2. The van der Waals surface area contributed by atoms with Gasteiger partial charge < -0.3 is 4.90 Å². The van der Waals surface area contributed by atoms with E-state index in [9.17, 15) is 4.79 Å². The summed E-state index contributed by atoms with van der Waals surface area (Å²) in [5, 5.41) is 2.17. The van der Waals surface area contributed by atoms with Gasteiger partial charge in [-0.15, -0.1) is 11.3 Å². The topological polar surface area (TPSA) is 20.3 Å². The lowest BCUT2D eigenvalue weighted by molar-refractivity contribution is -0.132. The van der Waals surface area contributed by atoms with Crippen molar-refractivity contribution in [2.24, 2.45) is 5.92 Å². The predicted molar refractivity (Wildman–Crippen MR) is 60.9 cm³/mol. The van der Waals surface area contributed by atoms with E-state index in [-0.39, 0.29) is 5.91 Å². The van der Waals surface area contributed by atoms with Gasteiger partial charge in [0.05, 0.1) is 6.04 Å². The van der Waals surface area contributed by atoms with Crippen molar-refractivity contribution in [2.45, 2.75) is 32.2 Å². The first-order chi connectivity index (χ1) is 7.27. The van der Waals surface area contributed by atoms with Crippen LogP contribution in [0.15, 0.2) is 11.4 Å². The zero-order valence-corrected chi connectivity index (χ0v) is 9.72. The smallest absolute Gasteiger partial charge is 0.219 e. The Morgan fingerprint density at radius 3 is 3.00 bits per heavy atom. The molecule has 3 rings (SSSR count). The van der Waals surface area contributed by atoms with Crippen LogP contribution in [0.2, 0.25) is 0 Å². The molecule has 0 saturated heterocycles. The van der Waals surface area contributed by atoms with Crippen LogP contribution in [0.4, 0.5) is 0 Å². The number of amides is 1. The fourth-order valence-corrected chi connectivity index (χ4v) is 3.53. The molecular weight excluding hydrogens is 206 g/mol. The molecule has 0 radical (unpaired) electrons. The van der Waals surface area contributed by atoms with Crippen LogP contribution in [0.3, 0.4) is 0 Å². The number of hydrogen-bond donors (Lipinski definition) is 0. The van der Waals surface area contributed by atoms with Crippen LogP contribution in [0.25, 0.3) is 0 Å². The maximum Gasteiger partial charge on any atom is 0.219 e. The molecule has 0 spiro atoms. The highest BCUT2D eigenvalue weighted by molar-refractivity contribution is 7.10. The van der Waals surface area contributed by atoms with Crippen LogP contribution in [0, 0.1) is 5.92 Å². The van der Waals surface area contributed by atoms with Gasteiger partial charge in [0, 0.05) is 18.3 Å². The average molecular weight is 221 g/mol. The summed E-state index contributed by atoms with van der Waals surface area (Å²) < 4.78 is 0. The molecule has 1 aliphatic carbocycles. The van der Waals surface area contributed by atoms with Gasteiger partial charge in [-0.2, -0.15) is 0 Å². The highest BCUT2D eigenvalue weighted by Gasteiger charge is 2.40. The van der Waals surface area contributed by atoms with Crippen LogP contribution < -0.4 is 0 Å². The lowest BCUT2D eigenvalue weighted by Gasteiger charge is -2.35. The molecule has 0 bridgehead atoms. The van der Waals surface area contributed by atoms with Crippen molar-refractivity contribution in [3.05, 3.63) is 21.9 Å². The Hall–Kier alpha value is -0.830. The standard InChI is InChI=1S/C12H15NOS/c1-8(14)13-6-4-11-10(5-7-15-11)12(13)9-2-3-9/h5,7,9,12H,2-4,6H2,1H3. The quantitative estimate of drug-likeness (QED) is 0.714. The maximum atomic E-state index is 11.6. The molecule has 1 aliphatic heterocycles. The second kappa shape index (κ2) is 3.34. The van der Waals surface area contributed by atoms with Gasteiger partial charge in [-0.1, -0.05) is 0 Å². The SMILES string of the molecule is CC(=O)N1CCc2sccc2C1C1CC1. The minimum Gasteiger partial charge on any atom is -0.335 e. The maximum absolute atomic E-state index is 11.6. The molecule has 0 aromatic carbocycles. The summed E-state index contributed by atoms with van der Waals surface area (Å²) in [5.74, 6) is 0.978. The van der Waals surface area contributed by atoms with Gasteiger partial charge in [0.25, 0.3) is 0 Å². The Kier molecular flexibility index (Phi) is 2.09. The third-order valence-electron chi connectivity index (χ3n) is 3.49. The molecule has 2 nitrogen and oxygen atoms in total. The van der Waals surface area contributed by atoms with Gasteiger partial charge in [-0.05, 0) is 42.2 Å². The minimum absolute atomic E-state index is 0.240. The van der Waals surface area contributed by atoms with Crippen LogP contribution in [0.1, 0.15) is 36.2 Å². The monoisotopic (exact) mass is 221 g/mol. The fourth-order valence-electron chi connectivity index (χ4n) is 2.62. The van der Waals surface area contributed by atoms with E-state index < -0.39 is 0 Å². The molecule has 1 aromatic rings. The van der Waals surface area contributed by atoms with Gasteiger partial charge in [0.15, 0.2) is 0 Å². The molecule has 1 amide bonds. The predicted octanol–water partition coefficient (Wildman–Crippen LogP) is 2.60. The van der Waals surface area contributed by atoms with E-state index in [1.165, 1.54) is 23.3 Å². The number of carbonyl (C=O) groups excluding carboxylic acids is 1. The average Bonchev–Trinajstić information content (AvgIpc) is 2.93. The first-order valence-corrected chi connectivity index (χ1v) is 6.49. The normalized spacial score (nSPS) is 25.1. The molecule has 1 fully saturated rings. The first-order valence-electron chi connectivity index (χ1n) is 5.61. The van der Waals surface area contributed by atoms with Crippen molar-refractivity contribution < 1.29 is 4.79 Å². The first kappa shape index (κ1) is 9.40. The van der Waals surface area contributed by atoms with E-state index in [1.807, 2.05) is 11.3 Å². The highest BCUT2D eigenvalue weighted by Crippen LogP contribution is 2.48. The molecule has 80 valence electrons. The molecule has 2 aliphatic rings. The fraction of sp³-hybridized carbons (Fsp3) is 0.583. The van der Waals surface area contributed by atoms with Crippen molar-refractivity contribution in [3.8, 4) is 0 Å². The second-order valence-corrected chi connectivity index (χ2v) is 5.54. The Bertz CT molecular complexity index is 394. The Balaban J connectivity index is 1.99. The van der Waals surface area contributed by atoms with Crippen molar-refractivity contribution in [3.63, 3.8) is 0 Å².